The third-order valence-corrected chi connectivity index (χ3v) is 3.89. The molecular formula is C19H17NO3. The van der Waals surface area contributed by atoms with Gasteiger partial charge in [0.2, 0.25) is 0 Å². The van der Waals surface area contributed by atoms with Crippen LogP contribution in [0.15, 0.2) is 54.6 Å². The molecule has 3 aromatic carbocycles. The molecule has 0 atom stereocenters. The van der Waals surface area contributed by atoms with Crippen LogP contribution in [0, 0.1) is 6.92 Å². The second-order valence-electron chi connectivity index (χ2n) is 5.31. The molecule has 0 spiro atoms. The lowest BCUT2D eigenvalue weighted by Gasteiger charge is -2.15. The highest BCUT2D eigenvalue weighted by Crippen LogP contribution is 2.31. The van der Waals surface area contributed by atoms with Crippen molar-refractivity contribution in [1.82, 2.24) is 0 Å². The van der Waals surface area contributed by atoms with Crippen molar-refractivity contribution < 1.29 is 14.6 Å². The monoisotopic (exact) mass is 307 g/mol. The standard InChI is InChI=1S/C19H17NO3/c1-12-16(8-5-9-18(12)23-2)20-17-11-14-7-4-3-6-13(14)10-15(17)19(21)22/h3-11,20H,1-2H3,(H,21,22). The van der Waals surface area contributed by atoms with E-state index in [-0.39, 0.29) is 5.56 Å². The molecule has 0 amide bonds. The molecule has 4 heteroatoms. The number of nitrogens with one attached hydrogen (secondary N) is 1. The number of hydrogen-bond acceptors (Lipinski definition) is 3. The average molecular weight is 307 g/mol. The van der Waals surface area contributed by atoms with E-state index >= 15 is 0 Å². The number of methoxy groups -OCH3 is 1. The third kappa shape index (κ3) is 2.83. The van der Waals surface area contributed by atoms with Crippen LogP contribution in [0.3, 0.4) is 0 Å². The summed E-state index contributed by atoms with van der Waals surface area (Å²) >= 11 is 0. The maximum absolute atomic E-state index is 11.6. The average Bonchev–Trinajstić information content (AvgIpc) is 2.56. The Hall–Kier alpha value is -3.01. The van der Waals surface area contributed by atoms with Gasteiger partial charge in [-0.3, -0.25) is 0 Å². The fourth-order valence-electron chi connectivity index (χ4n) is 2.64. The van der Waals surface area contributed by atoms with Gasteiger partial charge >= 0.3 is 5.97 Å². The van der Waals surface area contributed by atoms with Gasteiger partial charge in [-0.1, -0.05) is 30.3 Å². The maximum Gasteiger partial charge on any atom is 0.337 e. The summed E-state index contributed by atoms with van der Waals surface area (Å²) in [5.74, 6) is -0.202. The first-order valence-corrected chi connectivity index (χ1v) is 7.27. The molecule has 116 valence electrons. The van der Waals surface area contributed by atoms with Crippen molar-refractivity contribution in [3.05, 3.63) is 65.7 Å². The molecule has 0 aliphatic carbocycles. The molecule has 0 aliphatic heterocycles. The zero-order valence-corrected chi connectivity index (χ0v) is 13.0. The Morgan fingerprint density at radius 2 is 1.70 bits per heavy atom. The number of rotatable bonds is 4. The topological polar surface area (TPSA) is 58.6 Å². The molecule has 3 rings (SSSR count). The lowest BCUT2D eigenvalue weighted by atomic mass is 10.0. The van der Waals surface area contributed by atoms with Crippen LogP contribution in [0.4, 0.5) is 11.4 Å². The predicted octanol–water partition coefficient (Wildman–Crippen LogP) is 4.60. The summed E-state index contributed by atoms with van der Waals surface area (Å²) in [4.78, 5) is 11.6. The summed E-state index contributed by atoms with van der Waals surface area (Å²) in [6.07, 6.45) is 0. The van der Waals surface area contributed by atoms with Crippen LogP contribution in [0.2, 0.25) is 0 Å². The van der Waals surface area contributed by atoms with E-state index in [1.165, 1.54) is 0 Å². The van der Waals surface area contributed by atoms with E-state index in [9.17, 15) is 9.90 Å². The summed E-state index contributed by atoms with van der Waals surface area (Å²) in [7, 11) is 1.62. The first-order chi connectivity index (χ1) is 11.1. The number of ether oxygens (including phenoxy) is 1. The molecule has 0 radical (unpaired) electrons. The minimum Gasteiger partial charge on any atom is -0.496 e. The smallest absolute Gasteiger partial charge is 0.337 e. The molecule has 4 nitrogen and oxygen atoms in total. The van der Waals surface area contributed by atoms with Crippen LogP contribution in [0.5, 0.6) is 5.75 Å². The van der Waals surface area contributed by atoms with Gasteiger partial charge in [-0.05, 0) is 42.0 Å². The Bertz CT molecular complexity index is 887. The fourth-order valence-corrected chi connectivity index (χ4v) is 2.64. The molecule has 0 aromatic heterocycles. The number of anilines is 2. The number of fused-ring (bicyclic) bond motifs is 1. The van der Waals surface area contributed by atoms with Crippen LogP contribution in [0.1, 0.15) is 15.9 Å². The molecule has 0 heterocycles. The zero-order chi connectivity index (χ0) is 16.4. The van der Waals surface area contributed by atoms with E-state index in [0.717, 1.165) is 27.8 Å². The van der Waals surface area contributed by atoms with Gasteiger partial charge in [0.1, 0.15) is 5.75 Å². The van der Waals surface area contributed by atoms with E-state index < -0.39 is 5.97 Å². The van der Waals surface area contributed by atoms with Crippen LogP contribution in [0.25, 0.3) is 10.8 Å². The number of benzene rings is 3. The number of hydrogen-bond donors (Lipinski definition) is 2. The normalized spacial score (nSPS) is 10.5. The minimum absolute atomic E-state index is 0.242. The van der Waals surface area contributed by atoms with Crippen molar-refractivity contribution in [2.75, 3.05) is 12.4 Å². The number of carbonyl (C=O) groups is 1. The Morgan fingerprint density at radius 3 is 2.35 bits per heavy atom. The van der Waals surface area contributed by atoms with Crippen LogP contribution < -0.4 is 10.1 Å². The highest BCUT2D eigenvalue weighted by Gasteiger charge is 2.13. The Balaban J connectivity index is 2.12. The van der Waals surface area contributed by atoms with Gasteiger partial charge in [-0.25, -0.2) is 4.79 Å². The molecule has 0 saturated carbocycles. The maximum atomic E-state index is 11.6. The Kier molecular flexibility index (Phi) is 3.89. The van der Waals surface area contributed by atoms with E-state index in [1.807, 2.05) is 55.5 Å². The summed E-state index contributed by atoms with van der Waals surface area (Å²) in [6.45, 7) is 1.93. The quantitative estimate of drug-likeness (QED) is 0.739. The first kappa shape index (κ1) is 14.9. The van der Waals surface area contributed by atoms with Gasteiger partial charge in [-0.2, -0.15) is 0 Å². The van der Waals surface area contributed by atoms with E-state index in [0.29, 0.717) is 5.69 Å². The molecule has 0 aliphatic rings. The van der Waals surface area contributed by atoms with Gasteiger partial charge in [0.25, 0.3) is 0 Å². The number of carboxylic acids is 1. The highest BCUT2D eigenvalue weighted by atomic mass is 16.5. The van der Waals surface area contributed by atoms with Crippen molar-refractivity contribution in [2.45, 2.75) is 6.92 Å². The largest absolute Gasteiger partial charge is 0.496 e. The van der Waals surface area contributed by atoms with Gasteiger partial charge in [0.15, 0.2) is 0 Å². The molecule has 2 N–H and O–H groups in total. The minimum atomic E-state index is -0.959. The molecule has 3 aromatic rings. The highest BCUT2D eigenvalue weighted by molar-refractivity contribution is 6.01. The third-order valence-electron chi connectivity index (χ3n) is 3.89. The Morgan fingerprint density at radius 1 is 1.00 bits per heavy atom. The van der Waals surface area contributed by atoms with Gasteiger partial charge < -0.3 is 15.2 Å². The molecule has 0 saturated heterocycles. The van der Waals surface area contributed by atoms with Crippen LogP contribution in [-0.2, 0) is 0 Å². The van der Waals surface area contributed by atoms with Crippen molar-refractivity contribution in [3.63, 3.8) is 0 Å². The molecule has 0 fully saturated rings. The summed E-state index contributed by atoms with van der Waals surface area (Å²) in [5, 5.41) is 14.6. The van der Waals surface area contributed by atoms with Crippen molar-refractivity contribution in [1.29, 1.82) is 0 Å². The predicted molar refractivity (Wildman–Crippen MR) is 91.9 cm³/mol. The lowest BCUT2D eigenvalue weighted by Crippen LogP contribution is -2.04. The number of carboxylic acid groups (broad SMARTS) is 1. The molecular weight excluding hydrogens is 290 g/mol. The van der Waals surface area contributed by atoms with Gasteiger partial charge in [0, 0.05) is 11.3 Å². The van der Waals surface area contributed by atoms with Crippen molar-refractivity contribution >= 4 is 28.1 Å². The lowest BCUT2D eigenvalue weighted by molar-refractivity contribution is 0.0698. The van der Waals surface area contributed by atoms with E-state index in [4.69, 9.17) is 4.74 Å². The van der Waals surface area contributed by atoms with Crippen LogP contribution in [-0.4, -0.2) is 18.2 Å². The summed E-state index contributed by atoms with van der Waals surface area (Å²) in [6, 6.07) is 16.9. The zero-order valence-electron chi connectivity index (χ0n) is 13.0. The first-order valence-electron chi connectivity index (χ1n) is 7.27. The van der Waals surface area contributed by atoms with Crippen molar-refractivity contribution in [3.8, 4) is 5.75 Å². The van der Waals surface area contributed by atoms with E-state index in [2.05, 4.69) is 5.32 Å². The molecule has 0 bridgehead atoms. The summed E-state index contributed by atoms with van der Waals surface area (Å²) in [5.41, 5.74) is 2.56. The Labute approximate surface area is 134 Å². The van der Waals surface area contributed by atoms with Gasteiger partial charge in [0.05, 0.1) is 18.4 Å². The summed E-state index contributed by atoms with van der Waals surface area (Å²) < 4.78 is 5.31. The van der Waals surface area contributed by atoms with E-state index in [1.54, 1.807) is 13.2 Å². The SMILES string of the molecule is COc1cccc(Nc2cc3ccccc3cc2C(=O)O)c1C. The molecule has 0 unspecified atom stereocenters. The fraction of sp³-hybridized carbons (Fsp3) is 0.105. The number of aromatic carboxylic acids is 1. The second kappa shape index (κ2) is 6.01. The van der Waals surface area contributed by atoms with Crippen LogP contribution >= 0.6 is 0 Å². The molecule has 23 heavy (non-hydrogen) atoms. The van der Waals surface area contributed by atoms with Gasteiger partial charge in [-0.15, -0.1) is 0 Å². The second-order valence-corrected chi connectivity index (χ2v) is 5.31. The van der Waals surface area contributed by atoms with Crippen molar-refractivity contribution in [2.24, 2.45) is 0 Å².